The monoisotopic (exact) mass is 429 g/mol. The topological polar surface area (TPSA) is 41.9 Å². The summed E-state index contributed by atoms with van der Waals surface area (Å²) < 4.78 is 10.5. The van der Waals surface area contributed by atoms with Crippen molar-refractivity contribution in [2.24, 2.45) is 0 Å². The standard InChI is InChI=1S/C28H31NO3/c1-31-26-12-8-22(9-13-26)17-28(30)24-18-25(16-21-6-4-3-5-7-21)29(20-24)19-23-10-14-27(32-2)15-11-23/h3-15,25,30H,16-20H2,1-2H3. The maximum atomic E-state index is 11.0. The van der Waals surface area contributed by atoms with Crippen molar-refractivity contribution in [3.05, 3.63) is 107 Å². The third-order valence-electron chi connectivity index (χ3n) is 6.19. The first-order chi connectivity index (χ1) is 15.6. The van der Waals surface area contributed by atoms with E-state index >= 15 is 0 Å². The second kappa shape index (κ2) is 10.4. The molecule has 0 radical (unpaired) electrons. The van der Waals surface area contributed by atoms with Crippen LogP contribution in [0.2, 0.25) is 0 Å². The van der Waals surface area contributed by atoms with Crippen LogP contribution in [0.15, 0.2) is 90.2 Å². The van der Waals surface area contributed by atoms with Gasteiger partial charge in [0.1, 0.15) is 11.5 Å². The van der Waals surface area contributed by atoms with E-state index in [-0.39, 0.29) is 0 Å². The Morgan fingerprint density at radius 3 is 2.00 bits per heavy atom. The molecular weight excluding hydrogens is 398 g/mol. The van der Waals surface area contributed by atoms with Gasteiger partial charge >= 0.3 is 0 Å². The van der Waals surface area contributed by atoms with Gasteiger partial charge in [-0.3, -0.25) is 4.90 Å². The van der Waals surface area contributed by atoms with Crippen LogP contribution in [-0.4, -0.2) is 36.8 Å². The van der Waals surface area contributed by atoms with Crippen LogP contribution >= 0.6 is 0 Å². The molecule has 1 aliphatic rings. The van der Waals surface area contributed by atoms with E-state index in [1.165, 1.54) is 11.1 Å². The summed E-state index contributed by atoms with van der Waals surface area (Å²) in [5, 5.41) is 11.0. The van der Waals surface area contributed by atoms with E-state index < -0.39 is 0 Å². The van der Waals surface area contributed by atoms with Gasteiger partial charge in [-0.05, 0) is 59.4 Å². The van der Waals surface area contributed by atoms with Crippen molar-refractivity contribution in [3.63, 3.8) is 0 Å². The smallest absolute Gasteiger partial charge is 0.118 e. The van der Waals surface area contributed by atoms with Crippen LogP contribution in [0.3, 0.4) is 0 Å². The number of ether oxygens (including phenoxy) is 2. The fourth-order valence-corrected chi connectivity index (χ4v) is 4.36. The minimum Gasteiger partial charge on any atom is -0.512 e. The Morgan fingerprint density at radius 1 is 0.812 bits per heavy atom. The molecule has 1 N–H and O–H groups in total. The van der Waals surface area contributed by atoms with E-state index in [1.54, 1.807) is 14.2 Å². The number of aliphatic hydroxyl groups excluding tert-OH is 1. The Balaban J connectivity index is 1.52. The summed E-state index contributed by atoms with van der Waals surface area (Å²) in [5.74, 6) is 2.19. The number of aliphatic hydroxyl groups is 1. The van der Waals surface area contributed by atoms with Crippen molar-refractivity contribution in [3.8, 4) is 11.5 Å². The molecule has 32 heavy (non-hydrogen) atoms. The first-order valence-corrected chi connectivity index (χ1v) is 11.1. The third kappa shape index (κ3) is 5.51. The highest BCUT2D eigenvalue weighted by Crippen LogP contribution is 2.30. The van der Waals surface area contributed by atoms with Crippen molar-refractivity contribution in [1.29, 1.82) is 0 Å². The highest BCUT2D eigenvalue weighted by molar-refractivity contribution is 5.32. The fourth-order valence-electron chi connectivity index (χ4n) is 4.36. The van der Waals surface area contributed by atoms with Crippen molar-refractivity contribution in [2.45, 2.75) is 31.8 Å². The van der Waals surface area contributed by atoms with Gasteiger partial charge in [-0.15, -0.1) is 0 Å². The van der Waals surface area contributed by atoms with Gasteiger partial charge < -0.3 is 14.6 Å². The Hall–Kier alpha value is -3.24. The largest absolute Gasteiger partial charge is 0.512 e. The van der Waals surface area contributed by atoms with E-state index in [2.05, 4.69) is 47.4 Å². The molecule has 1 atom stereocenters. The van der Waals surface area contributed by atoms with Gasteiger partial charge in [0.25, 0.3) is 0 Å². The summed E-state index contributed by atoms with van der Waals surface area (Å²) in [7, 11) is 3.35. The maximum Gasteiger partial charge on any atom is 0.118 e. The third-order valence-corrected chi connectivity index (χ3v) is 6.19. The van der Waals surface area contributed by atoms with Crippen LogP contribution in [0.1, 0.15) is 23.1 Å². The Kier molecular flexibility index (Phi) is 7.13. The first-order valence-electron chi connectivity index (χ1n) is 11.1. The Morgan fingerprint density at radius 2 is 1.41 bits per heavy atom. The molecule has 4 heteroatoms. The van der Waals surface area contributed by atoms with Crippen molar-refractivity contribution in [2.75, 3.05) is 20.8 Å². The summed E-state index contributed by atoms with van der Waals surface area (Å²) in [6.07, 6.45) is 2.40. The number of hydrogen-bond acceptors (Lipinski definition) is 4. The molecule has 0 bridgehead atoms. The molecule has 1 heterocycles. The van der Waals surface area contributed by atoms with Gasteiger partial charge in [0, 0.05) is 25.6 Å². The predicted molar refractivity (Wildman–Crippen MR) is 128 cm³/mol. The van der Waals surface area contributed by atoms with Gasteiger partial charge in [-0.2, -0.15) is 0 Å². The number of allylic oxidation sites excluding steroid dienone is 1. The SMILES string of the molecule is COc1ccc(CC(O)=C2CC(Cc3ccccc3)N(Cc3ccc(OC)cc3)C2)cc1. The molecule has 3 aromatic rings. The summed E-state index contributed by atoms with van der Waals surface area (Å²) in [4.78, 5) is 2.48. The molecule has 4 nitrogen and oxygen atoms in total. The van der Waals surface area contributed by atoms with Crippen LogP contribution in [-0.2, 0) is 19.4 Å². The van der Waals surface area contributed by atoms with Crippen molar-refractivity contribution in [1.82, 2.24) is 4.90 Å². The number of likely N-dealkylation sites (tertiary alicyclic amines) is 1. The predicted octanol–water partition coefficient (Wildman–Crippen LogP) is 5.58. The number of rotatable bonds is 8. The van der Waals surface area contributed by atoms with Gasteiger partial charge in [0.05, 0.1) is 20.0 Å². The quantitative estimate of drug-likeness (QED) is 0.475. The Bertz CT molecular complexity index is 1030. The lowest BCUT2D eigenvalue weighted by atomic mass is 10.0. The number of nitrogens with zero attached hydrogens (tertiary/aromatic N) is 1. The summed E-state index contributed by atoms with van der Waals surface area (Å²) in [6, 6.07) is 27.1. The maximum absolute atomic E-state index is 11.0. The van der Waals surface area contributed by atoms with E-state index in [9.17, 15) is 5.11 Å². The van der Waals surface area contributed by atoms with E-state index in [0.29, 0.717) is 18.2 Å². The lowest BCUT2D eigenvalue weighted by Crippen LogP contribution is -2.30. The zero-order chi connectivity index (χ0) is 22.3. The zero-order valence-corrected chi connectivity index (χ0v) is 18.8. The first kappa shape index (κ1) is 22.0. The number of benzene rings is 3. The minimum absolute atomic E-state index is 0.354. The molecule has 1 saturated heterocycles. The number of methoxy groups -OCH3 is 2. The lowest BCUT2D eigenvalue weighted by Gasteiger charge is -2.24. The summed E-state index contributed by atoms with van der Waals surface area (Å²) >= 11 is 0. The Labute approximate surface area is 190 Å². The van der Waals surface area contributed by atoms with Gasteiger partial charge in [0.15, 0.2) is 0 Å². The van der Waals surface area contributed by atoms with Gasteiger partial charge in [0.2, 0.25) is 0 Å². The van der Waals surface area contributed by atoms with E-state index in [4.69, 9.17) is 9.47 Å². The molecule has 0 spiro atoms. The molecule has 1 fully saturated rings. The summed E-state index contributed by atoms with van der Waals surface area (Å²) in [5.41, 5.74) is 4.80. The van der Waals surface area contributed by atoms with Gasteiger partial charge in [-0.25, -0.2) is 0 Å². The molecule has 3 aromatic carbocycles. The van der Waals surface area contributed by atoms with Crippen LogP contribution in [0, 0.1) is 0 Å². The molecule has 1 aliphatic heterocycles. The van der Waals surface area contributed by atoms with Crippen LogP contribution in [0.5, 0.6) is 11.5 Å². The highest BCUT2D eigenvalue weighted by atomic mass is 16.5. The molecule has 4 rings (SSSR count). The zero-order valence-electron chi connectivity index (χ0n) is 18.8. The second-order valence-corrected chi connectivity index (χ2v) is 8.38. The average Bonchev–Trinajstić information content (AvgIpc) is 3.23. The van der Waals surface area contributed by atoms with Crippen LogP contribution in [0.4, 0.5) is 0 Å². The molecule has 1 unspecified atom stereocenters. The number of hydrogen-bond donors (Lipinski definition) is 1. The van der Waals surface area contributed by atoms with Crippen molar-refractivity contribution >= 4 is 0 Å². The fraction of sp³-hybridized carbons (Fsp3) is 0.286. The minimum atomic E-state index is 0.354. The molecule has 0 aliphatic carbocycles. The lowest BCUT2D eigenvalue weighted by molar-refractivity contribution is 0.245. The highest BCUT2D eigenvalue weighted by Gasteiger charge is 2.30. The molecule has 0 amide bonds. The average molecular weight is 430 g/mol. The summed E-state index contributed by atoms with van der Waals surface area (Å²) in [6.45, 7) is 1.63. The van der Waals surface area contributed by atoms with Crippen molar-refractivity contribution < 1.29 is 14.6 Å². The van der Waals surface area contributed by atoms with E-state index in [1.807, 2.05) is 36.4 Å². The molecule has 166 valence electrons. The van der Waals surface area contributed by atoms with Crippen LogP contribution in [0.25, 0.3) is 0 Å². The van der Waals surface area contributed by atoms with E-state index in [0.717, 1.165) is 48.6 Å². The second-order valence-electron chi connectivity index (χ2n) is 8.38. The molecule has 0 aromatic heterocycles. The molecule has 0 saturated carbocycles. The normalized spacial score (nSPS) is 17.9. The molecular formula is C28H31NO3. The van der Waals surface area contributed by atoms with Crippen LogP contribution < -0.4 is 9.47 Å². The van der Waals surface area contributed by atoms with Gasteiger partial charge in [-0.1, -0.05) is 54.6 Å².